The van der Waals surface area contributed by atoms with Gasteiger partial charge in [0, 0.05) is 43.1 Å². The topological polar surface area (TPSA) is 109 Å². The Balaban J connectivity index is 1.90. The number of terminal acetylenes is 1. The first-order valence-electron chi connectivity index (χ1n) is 10.5. The lowest BCUT2D eigenvalue weighted by atomic mass is 10.1. The molecule has 2 aromatic rings. The molecule has 172 valence electrons. The average Bonchev–Trinajstić information content (AvgIpc) is 2.84. The second kappa shape index (κ2) is 11.1. The molecule has 0 unspecified atom stereocenters. The Morgan fingerprint density at radius 1 is 1.36 bits per heavy atom. The number of nitrogens with two attached hydrogens (primary N) is 1. The second-order valence-corrected chi connectivity index (χ2v) is 7.44. The van der Waals surface area contributed by atoms with Crippen LogP contribution in [0.15, 0.2) is 54.2 Å². The van der Waals surface area contributed by atoms with Gasteiger partial charge in [-0.05, 0) is 30.5 Å². The lowest BCUT2D eigenvalue weighted by Gasteiger charge is -2.32. The minimum Gasteiger partial charge on any atom is -0.493 e. The molecule has 33 heavy (non-hydrogen) atoms. The van der Waals surface area contributed by atoms with E-state index in [1.54, 1.807) is 36.4 Å². The van der Waals surface area contributed by atoms with Gasteiger partial charge in [-0.2, -0.15) is 0 Å². The van der Waals surface area contributed by atoms with Gasteiger partial charge < -0.3 is 30.5 Å². The minimum atomic E-state index is -0.483. The number of amidine groups is 1. The molecule has 3 rings (SSSR count). The lowest BCUT2D eigenvalue weighted by molar-refractivity contribution is -0.135. The van der Waals surface area contributed by atoms with Crippen molar-refractivity contribution < 1.29 is 19.4 Å². The Morgan fingerprint density at radius 2 is 2.12 bits per heavy atom. The number of piperidine rings is 1. The number of anilines is 1. The van der Waals surface area contributed by atoms with Gasteiger partial charge in [0.05, 0.1) is 18.5 Å². The van der Waals surface area contributed by atoms with Crippen LogP contribution < -0.4 is 20.5 Å². The standard InChI is InChI=1S/C25H28N4O4/c1-4-17-7-6-8-18(13-17)28-25(26)20-14-23(22(32-3)15-21(20)27-5-2)33-19-9-11-29(12-10-19)24(31)16-30/h1,5-8,13-15,19,27,30H,2,9-12,16H2,3H3,(H2,26,28). The lowest BCUT2D eigenvalue weighted by Crippen LogP contribution is -2.42. The first-order chi connectivity index (χ1) is 16.0. The number of aliphatic hydroxyl groups excluding tert-OH is 1. The molecule has 1 heterocycles. The molecule has 0 bridgehead atoms. The number of carbonyl (C=O) groups excluding carboxylic acids is 1. The fourth-order valence-electron chi connectivity index (χ4n) is 3.62. The predicted molar refractivity (Wildman–Crippen MR) is 129 cm³/mol. The molecule has 4 N–H and O–H groups in total. The molecule has 8 nitrogen and oxygen atoms in total. The third kappa shape index (κ3) is 5.84. The van der Waals surface area contributed by atoms with E-state index in [1.807, 2.05) is 18.2 Å². The van der Waals surface area contributed by atoms with E-state index in [1.165, 1.54) is 0 Å². The number of rotatable bonds is 8. The van der Waals surface area contributed by atoms with Crippen LogP contribution in [-0.2, 0) is 4.79 Å². The summed E-state index contributed by atoms with van der Waals surface area (Å²) in [5, 5.41) is 12.1. The highest BCUT2D eigenvalue weighted by Gasteiger charge is 2.25. The summed E-state index contributed by atoms with van der Waals surface area (Å²) in [7, 11) is 1.56. The number of amides is 1. The van der Waals surface area contributed by atoms with Crippen molar-refractivity contribution in [3.05, 3.63) is 60.3 Å². The summed E-state index contributed by atoms with van der Waals surface area (Å²) in [5.41, 5.74) is 8.98. The van der Waals surface area contributed by atoms with Gasteiger partial charge in [-0.15, -0.1) is 6.42 Å². The number of benzene rings is 2. The zero-order valence-electron chi connectivity index (χ0n) is 18.6. The van der Waals surface area contributed by atoms with Crippen molar-refractivity contribution in [1.29, 1.82) is 0 Å². The van der Waals surface area contributed by atoms with Crippen LogP contribution in [0.1, 0.15) is 24.0 Å². The molecule has 0 radical (unpaired) electrons. The summed E-state index contributed by atoms with van der Waals surface area (Å²) in [5.74, 6) is 3.63. The number of aliphatic hydroxyl groups is 1. The highest BCUT2D eigenvalue weighted by Crippen LogP contribution is 2.35. The van der Waals surface area contributed by atoms with Crippen molar-refractivity contribution in [3.63, 3.8) is 0 Å². The Bertz CT molecular complexity index is 1080. The summed E-state index contributed by atoms with van der Waals surface area (Å²) in [4.78, 5) is 17.9. The van der Waals surface area contributed by atoms with E-state index in [0.29, 0.717) is 59.9 Å². The van der Waals surface area contributed by atoms with Crippen LogP contribution >= 0.6 is 0 Å². The van der Waals surface area contributed by atoms with E-state index < -0.39 is 6.61 Å². The third-order valence-corrected chi connectivity index (χ3v) is 5.32. The zero-order valence-corrected chi connectivity index (χ0v) is 18.6. The van der Waals surface area contributed by atoms with E-state index in [-0.39, 0.29) is 17.8 Å². The molecule has 2 aromatic carbocycles. The molecule has 1 fully saturated rings. The van der Waals surface area contributed by atoms with Gasteiger partial charge in [-0.1, -0.05) is 18.6 Å². The minimum absolute atomic E-state index is 0.113. The van der Waals surface area contributed by atoms with E-state index in [4.69, 9.17) is 26.7 Å². The first kappa shape index (κ1) is 23.7. The monoisotopic (exact) mass is 448 g/mol. The smallest absolute Gasteiger partial charge is 0.248 e. The number of hydrogen-bond acceptors (Lipinski definition) is 6. The van der Waals surface area contributed by atoms with Crippen molar-refractivity contribution in [2.45, 2.75) is 18.9 Å². The number of methoxy groups -OCH3 is 1. The van der Waals surface area contributed by atoms with Crippen LogP contribution in [-0.4, -0.2) is 54.7 Å². The Labute approximate surface area is 193 Å². The van der Waals surface area contributed by atoms with Crippen molar-refractivity contribution >= 4 is 23.1 Å². The molecule has 1 aliphatic rings. The summed E-state index contributed by atoms with van der Waals surface area (Å²) < 4.78 is 11.8. The highest BCUT2D eigenvalue weighted by atomic mass is 16.5. The molecule has 1 saturated heterocycles. The SMILES string of the molecule is C#Cc1cccc(N=C(N)c2cc(OC3CCN(C(=O)CO)CC3)c(OC)cc2NC=C)c1. The summed E-state index contributed by atoms with van der Waals surface area (Å²) in [6, 6.07) is 10.8. The van der Waals surface area contributed by atoms with Crippen LogP contribution in [0.4, 0.5) is 11.4 Å². The van der Waals surface area contributed by atoms with Crippen molar-refractivity contribution in [2.75, 3.05) is 32.1 Å². The highest BCUT2D eigenvalue weighted by molar-refractivity contribution is 6.04. The van der Waals surface area contributed by atoms with Gasteiger partial charge in [0.15, 0.2) is 11.5 Å². The molecule has 0 atom stereocenters. The van der Waals surface area contributed by atoms with E-state index in [0.717, 1.165) is 0 Å². The number of aliphatic imine (C=N–C) groups is 1. The van der Waals surface area contributed by atoms with Crippen molar-refractivity contribution in [2.24, 2.45) is 10.7 Å². The van der Waals surface area contributed by atoms with Gasteiger partial charge >= 0.3 is 0 Å². The molecule has 0 aliphatic carbocycles. The quantitative estimate of drug-likeness (QED) is 0.325. The maximum atomic E-state index is 11.7. The second-order valence-electron chi connectivity index (χ2n) is 7.44. The number of likely N-dealkylation sites (tertiary alicyclic amines) is 1. The van der Waals surface area contributed by atoms with Gasteiger partial charge in [-0.3, -0.25) is 4.79 Å². The number of nitrogens with zero attached hydrogens (tertiary/aromatic N) is 2. The zero-order chi connectivity index (χ0) is 23.8. The molecule has 0 aromatic heterocycles. The van der Waals surface area contributed by atoms with Gasteiger partial charge in [0.1, 0.15) is 18.5 Å². The Morgan fingerprint density at radius 3 is 2.76 bits per heavy atom. The molecular weight excluding hydrogens is 420 g/mol. The van der Waals surface area contributed by atoms with E-state index in [9.17, 15) is 4.79 Å². The van der Waals surface area contributed by atoms with Crippen molar-refractivity contribution in [3.8, 4) is 23.8 Å². The van der Waals surface area contributed by atoms with Crippen LogP contribution in [0, 0.1) is 12.3 Å². The Kier molecular flexibility index (Phi) is 7.95. The molecule has 1 aliphatic heterocycles. The molecule has 0 saturated carbocycles. The van der Waals surface area contributed by atoms with Crippen LogP contribution in [0.25, 0.3) is 0 Å². The molecule has 1 amide bonds. The molecule has 8 heteroatoms. The molecule has 0 spiro atoms. The van der Waals surface area contributed by atoms with Gasteiger partial charge in [0.2, 0.25) is 5.91 Å². The van der Waals surface area contributed by atoms with Crippen molar-refractivity contribution in [1.82, 2.24) is 4.90 Å². The maximum Gasteiger partial charge on any atom is 0.248 e. The number of ether oxygens (including phenoxy) is 2. The summed E-state index contributed by atoms with van der Waals surface area (Å²) in [6.45, 7) is 4.28. The number of nitrogens with one attached hydrogen (secondary N) is 1. The van der Waals surface area contributed by atoms with Gasteiger partial charge in [-0.25, -0.2) is 4.99 Å². The number of carbonyl (C=O) groups is 1. The number of hydrogen-bond donors (Lipinski definition) is 3. The summed E-state index contributed by atoms with van der Waals surface area (Å²) in [6.07, 6.45) is 8.19. The fraction of sp³-hybridized carbons (Fsp3) is 0.280. The molecular formula is C25H28N4O4. The summed E-state index contributed by atoms with van der Waals surface area (Å²) >= 11 is 0. The third-order valence-electron chi connectivity index (χ3n) is 5.32. The Hall–Kier alpha value is -3.96. The van der Waals surface area contributed by atoms with Crippen LogP contribution in [0.3, 0.4) is 0 Å². The first-order valence-corrected chi connectivity index (χ1v) is 10.5. The van der Waals surface area contributed by atoms with Gasteiger partial charge in [0.25, 0.3) is 0 Å². The van der Waals surface area contributed by atoms with Crippen LogP contribution in [0.2, 0.25) is 0 Å². The largest absolute Gasteiger partial charge is 0.493 e. The van der Waals surface area contributed by atoms with E-state index in [2.05, 4.69) is 22.8 Å². The maximum absolute atomic E-state index is 11.7. The normalized spacial score (nSPS) is 14.3. The predicted octanol–water partition coefficient (Wildman–Crippen LogP) is 2.63. The van der Waals surface area contributed by atoms with E-state index >= 15 is 0 Å². The van der Waals surface area contributed by atoms with Crippen LogP contribution in [0.5, 0.6) is 11.5 Å². The average molecular weight is 449 g/mol. The fourth-order valence-corrected chi connectivity index (χ4v) is 3.62.